The Morgan fingerprint density at radius 3 is 1.56 bits per heavy atom. The summed E-state index contributed by atoms with van der Waals surface area (Å²) < 4.78 is 68.8. The van der Waals surface area contributed by atoms with Gasteiger partial charge >= 0.3 is 0 Å². The molecule has 0 atom stereocenters. The molecule has 0 heterocycles. The first-order valence-electron chi connectivity index (χ1n) is 12.8. The van der Waals surface area contributed by atoms with E-state index in [1.165, 1.54) is 42.5 Å². The standard InChI is InChI=1S/C28H22N8O8S2.2Na/c29-20-14-19(37)10-11-21(20)34-31-17-6-8-18(9-7-17)33-35-26-22(45(39,40)41)12-15-13-23(46(42,43)44)27(28(38)24(15)25(26)30)36-32-16-4-2-1-3-5-16;;/h1-14,37-38H,29-30H2,(H,39,40,41)(H,42,43,44);;. The van der Waals surface area contributed by atoms with Crippen LogP contribution in [-0.4, -0.2) is 95.3 Å². The summed E-state index contributed by atoms with van der Waals surface area (Å²) in [6.07, 6.45) is 0. The minimum Gasteiger partial charge on any atom is -0.508 e. The third-order valence-electron chi connectivity index (χ3n) is 6.29. The smallest absolute Gasteiger partial charge is 0.296 e. The zero-order valence-corrected chi connectivity index (χ0v) is 30.8. The van der Waals surface area contributed by atoms with Gasteiger partial charge in [-0.05, 0) is 66.0 Å². The number of fused-ring (bicyclic) bond motifs is 1. The molecule has 236 valence electrons. The number of nitrogens with two attached hydrogens (primary N) is 2. The van der Waals surface area contributed by atoms with Crippen LogP contribution in [0.3, 0.4) is 0 Å². The van der Waals surface area contributed by atoms with Crippen LogP contribution in [0.25, 0.3) is 10.8 Å². The molecule has 5 aromatic rings. The van der Waals surface area contributed by atoms with Crippen molar-refractivity contribution in [2.75, 3.05) is 11.5 Å². The molecule has 2 radical (unpaired) electrons. The Hall–Kier alpha value is -3.82. The zero-order chi connectivity index (χ0) is 33.2. The van der Waals surface area contributed by atoms with E-state index in [-0.39, 0.29) is 92.7 Å². The van der Waals surface area contributed by atoms with E-state index in [0.717, 1.165) is 12.1 Å². The molecule has 0 bridgehead atoms. The Kier molecular flexibility index (Phi) is 12.6. The van der Waals surface area contributed by atoms with Gasteiger partial charge in [0.15, 0.2) is 5.75 Å². The Morgan fingerprint density at radius 1 is 0.562 bits per heavy atom. The normalized spacial score (nSPS) is 12.0. The van der Waals surface area contributed by atoms with Crippen molar-refractivity contribution in [3.8, 4) is 11.5 Å². The quantitative estimate of drug-likeness (QED) is 0.0447. The molecular weight excluding hydrogens is 686 g/mol. The minimum absolute atomic E-state index is 0. The molecular formula is C28H22N8Na2O8S2. The molecule has 5 aromatic carbocycles. The molecule has 0 fully saturated rings. The summed E-state index contributed by atoms with van der Waals surface area (Å²) in [5.74, 6) is -0.896. The van der Waals surface area contributed by atoms with E-state index in [1.807, 2.05) is 0 Å². The Balaban J connectivity index is 0.00000312. The van der Waals surface area contributed by atoms with Crippen molar-refractivity contribution >= 4 is 136 Å². The van der Waals surface area contributed by atoms with Crippen molar-refractivity contribution in [1.82, 2.24) is 0 Å². The van der Waals surface area contributed by atoms with Gasteiger partial charge in [-0.3, -0.25) is 9.11 Å². The van der Waals surface area contributed by atoms with Crippen LogP contribution in [-0.2, 0) is 20.2 Å². The fourth-order valence-corrected chi connectivity index (χ4v) is 5.47. The molecule has 16 nitrogen and oxygen atoms in total. The van der Waals surface area contributed by atoms with E-state index in [1.54, 1.807) is 30.3 Å². The molecule has 0 aliphatic rings. The number of anilines is 2. The van der Waals surface area contributed by atoms with Crippen LogP contribution in [0.4, 0.5) is 45.5 Å². The third kappa shape index (κ3) is 8.80. The fourth-order valence-electron chi connectivity index (χ4n) is 4.14. The predicted molar refractivity (Wildman–Crippen MR) is 179 cm³/mol. The van der Waals surface area contributed by atoms with E-state index in [4.69, 9.17) is 11.5 Å². The Labute approximate surface area is 317 Å². The van der Waals surface area contributed by atoms with Crippen LogP contribution in [0.2, 0.25) is 0 Å². The second-order valence-corrected chi connectivity index (χ2v) is 12.2. The topological polar surface area (TPSA) is 275 Å². The Morgan fingerprint density at radius 2 is 1.04 bits per heavy atom. The number of nitrogen functional groups attached to an aromatic ring is 2. The van der Waals surface area contributed by atoms with E-state index in [9.17, 15) is 36.2 Å². The summed E-state index contributed by atoms with van der Waals surface area (Å²) in [7, 11) is -10.1. The van der Waals surface area contributed by atoms with Crippen molar-refractivity contribution in [3.05, 3.63) is 84.9 Å². The molecule has 20 heteroatoms. The molecule has 5 rings (SSSR count). The molecule has 0 amide bonds. The van der Waals surface area contributed by atoms with Crippen LogP contribution < -0.4 is 11.5 Å². The molecule has 0 aliphatic carbocycles. The fraction of sp³-hybridized carbons (Fsp3) is 0. The number of aromatic hydroxyl groups is 2. The number of hydrogen-bond acceptors (Lipinski definition) is 14. The number of phenolic OH excluding ortho intramolecular Hbond substituents is 2. The van der Waals surface area contributed by atoms with Gasteiger partial charge in [0.2, 0.25) is 0 Å². The molecule has 48 heavy (non-hydrogen) atoms. The van der Waals surface area contributed by atoms with E-state index in [0.29, 0.717) is 11.4 Å². The van der Waals surface area contributed by atoms with E-state index in [2.05, 4.69) is 30.7 Å². The van der Waals surface area contributed by atoms with Gasteiger partial charge in [-0.2, -0.15) is 32.2 Å². The largest absolute Gasteiger partial charge is 0.508 e. The zero-order valence-electron chi connectivity index (χ0n) is 25.2. The first-order valence-corrected chi connectivity index (χ1v) is 15.7. The van der Waals surface area contributed by atoms with Crippen LogP contribution >= 0.6 is 0 Å². The summed E-state index contributed by atoms with van der Waals surface area (Å²) in [5, 5.41) is 43.6. The van der Waals surface area contributed by atoms with Gasteiger partial charge in [-0.1, -0.05) is 18.2 Å². The van der Waals surface area contributed by atoms with Gasteiger partial charge in [0.25, 0.3) is 20.2 Å². The first kappa shape index (κ1) is 38.6. The summed E-state index contributed by atoms with van der Waals surface area (Å²) in [5.41, 5.74) is 11.6. The van der Waals surface area contributed by atoms with Crippen LogP contribution in [0, 0.1) is 0 Å². The van der Waals surface area contributed by atoms with Crippen molar-refractivity contribution in [1.29, 1.82) is 0 Å². The van der Waals surface area contributed by atoms with Gasteiger partial charge in [-0.25, -0.2) is 0 Å². The maximum absolute atomic E-state index is 12.3. The monoisotopic (exact) mass is 708 g/mol. The summed E-state index contributed by atoms with van der Waals surface area (Å²) in [6.45, 7) is 0. The summed E-state index contributed by atoms with van der Waals surface area (Å²) in [6, 6.07) is 19.8. The third-order valence-corrected chi connectivity index (χ3v) is 8.03. The SMILES string of the molecule is Nc1cc(O)ccc1N=Nc1ccc(N=Nc2c(S(=O)(=O)O)cc3cc(S(=O)(=O)O)c(N=Nc4ccccc4)c(O)c3c2N)cc1.[Na].[Na]. The first-order chi connectivity index (χ1) is 21.7. The summed E-state index contributed by atoms with van der Waals surface area (Å²) >= 11 is 0. The van der Waals surface area contributed by atoms with Crippen molar-refractivity contribution in [3.63, 3.8) is 0 Å². The van der Waals surface area contributed by atoms with Gasteiger partial charge in [-0.15, -0.1) is 15.3 Å². The van der Waals surface area contributed by atoms with Crippen molar-refractivity contribution < 1.29 is 36.2 Å². The molecule has 0 unspecified atom stereocenters. The second kappa shape index (κ2) is 15.6. The predicted octanol–water partition coefficient (Wildman–Crippen LogP) is 6.39. The van der Waals surface area contributed by atoms with Gasteiger partial charge < -0.3 is 21.7 Å². The van der Waals surface area contributed by atoms with Gasteiger partial charge in [0.05, 0.1) is 33.8 Å². The van der Waals surface area contributed by atoms with E-state index < -0.39 is 52.8 Å². The number of benzene rings is 5. The number of azo groups is 3. The Bertz CT molecular complexity index is 2310. The van der Waals surface area contributed by atoms with Gasteiger partial charge in [0.1, 0.15) is 32.6 Å². The molecule has 0 aromatic heterocycles. The summed E-state index contributed by atoms with van der Waals surface area (Å²) in [4.78, 5) is -1.77. The molecule has 0 aliphatic heterocycles. The molecule has 0 saturated heterocycles. The van der Waals surface area contributed by atoms with Gasteiger partial charge in [0, 0.05) is 65.2 Å². The molecule has 0 saturated carbocycles. The number of nitrogens with zero attached hydrogens (tertiary/aromatic N) is 6. The maximum Gasteiger partial charge on any atom is 0.296 e. The van der Waals surface area contributed by atoms with Crippen LogP contribution in [0.15, 0.2) is 125 Å². The number of rotatable bonds is 8. The molecule has 8 N–H and O–H groups in total. The average Bonchev–Trinajstić information content (AvgIpc) is 2.99. The number of phenols is 2. The average molecular weight is 709 g/mol. The molecule has 0 spiro atoms. The van der Waals surface area contributed by atoms with E-state index >= 15 is 0 Å². The minimum atomic E-state index is -5.04. The van der Waals surface area contributed by atoms with Crippen LogP contribution in [0.1, 0.15) is 0 Å². The maximum atomic E-state index is 12.3. The van der Waals surface area contributed by atoms with Crippen molar-refractivity contribution in [2.45, 2.75) is 9.79 Å². The van der Waals surface area contributed by atoms with Crippen LogP contribution in [0.5, 0.6) is 11.5 Å². The van der Waals surface area contributed by atoms with Crippen molar-refractivity contribution in [2.24, 2.45) is 30.7 Å². The second-order valence-electron chi connectivity index (χ2n) is 9.45. The number of hydrogen-bond donors (Lipinski definition) is 6.